The third-order valence-corrected chi connectivity index (χ3v) is 4.76. The molecule has 2 heterocycles. The fourth-order valence-corrected chi connectivity index (χ4v) is 3.37. The number of thiazole rings is 1. The number of nitrogens with two attached hydrogens (primary N) is 1. The maximum Gasteiger partial charge on any atom is 0.227 e. The van der Waals surface area contributed by atoms with E-state index in [9.17, 15) is 0 Å². The van der Waals surface area contributed by atoms with Crippen LogP contribution in [0.15, 0.2) is 16.2 Å². The van der Waals surface area contributed by atoms with Gasteiger partial charge in [-0.15, -0.1) is 11.3 Å². The summed E-state index contributed by atoms with van der Waals surface area (Å²) in [4.78, 5) is 9.45. The molecule has 1 fully saturated rings. The Kier molecular flexibility index (Phi) is 3.61. The van der Waals surface area contributed by atoms with Crippen molar-refractivity contribution in [3.05, 3.63) is 17.6 Å². The standard InChI is InChI=1S/C13H18N4OS/c14-8-13(4-2-1-3-5-13)6-11-16-12(17-18-11)10-7-15-9-19-10/h7,9H,1-6,8,14H2. The van der Waals surface area contributed by atoms with E-state index in [4.69, 9.17) is 10.3 Å². The van der Waals surface area contributed by atoms with Crippen LogP contribution < -0.4 is 5.73 Å². The van der Waals surface area contributed by atoms with Crippen LogP contribution in [0.25, 0.3) is 10.7 Å². The van der Waals surface area contributed by atoms with Gasteiger partial charge in [-0.25, -0.2) is 0 Å². The highest BCUT2D eigenvalue weighted by atomic mass is 32.1. The van der Waals surface area contributed by atoms with Crippen LogP contribution in [0.1, 0.15) is 38.0 Å². The SMILES string of the molecule is NCC1(Cc2nc(-c3cncs3)no2)CCCCC1. The van der Waals surface area contributed by atoms with Gasteiger partial charge in [-0.1, -0.05) is 24.4 Å². The summed E-state index contributed by atoms with van der Waals surface area (Å²) in [5, 5.41) is 4.03. The molecule has 0 saturated heterocycles. The number of hydrogen-bond donors (Lipinski definition) is 1. The Hall–Kier alpha value is -1.27. The third kappa shape index (κ3) is 2.69. The summed E-state index contributed by atoms with van der Waals surface area (Å²) in [6.07, 6.45) is 8.73. The fraction of sp³-hybridized carbons (Fsp3) is 0.615. The summed E-state index contributed by atoms with van der Waals surface area (Å²) in [6, 6.07) is 0. The van der Waals surface area contributed by atoms with Crippen LogP contribution in [0, 0.1) is 5.41 Å². The summed E-state index contributed by atoms with van der Waals surface area (Å²) in [5.74, 6) is 1.34. The molecule has 0 atom stereocenters. The Labute approximate surface area is 116 Å². The molecule has 1 aliphatic carbocycles. The first-order chi connectivity index (χ1) is 9.31. The molecule has 5 nitrogen and oxygen atoms in total. The van der Waals surface area contributed by atoms with E-state index in [2.05, 4.69) is 15.1 Å². The van der Waals surface area contributed by atoms with Crippen LogP contribution in [0.3, 0.4) is 0 Å². The normalized spacial score (nSPS) is 18.6. The lowest BCUT2D eigenvalue weighted by Gasteiger charge is -2.34. The van der Waals surface area contributed by atoms with Gasteiger partial charge in [-0.05, 0) is 24.8 Å². The second-order valence-corrected chi connectivity index (χ2v) is 6.21. The highest BCUT2D eigenvalue weighted by Crippen LogP contribution is 2.38. The van der Waals surface area contributed by atoms with E-state index in [1.165, 1.54) is 43.4 Å². The van der Waals surface area contributed by atoms with Gasteiger partial charge in [0.1, 0.15) is 0 Å². The molecule has 0 unspecified atom stereocenters. The lowest BCUT2D eigenvalue weighted by molar-refractivity contribution is 0.177. The molecule has 0 aliphatic heterocycles. The van der Waals surface area contributed by atoms with Gasteiger partial charge in [0.2, 0.25) is 11.7 Å². The maximum absolute atomic E-state index is 5.99. The summed E-state index contributed by atoms with van der Waals surface area (Å²) in [7, 11) is 0. The van der Waals surface area contributed by atoms with E-state index in [0.717, 1.165) is 11.3 Å². The van der Waals surface area contributed by atoms with Gasteiger partial charge in [-0.3, -0.25) is 4.98 Å². The van der Waals surface area contributed by atoms with Gasteiger partial charge in [0, 0.05) is 12.6 Å². The average molecular weight is 278 g/mol. The second kappa shape index (κ2) is 5.38. The minimum Gasteiger partial charge on any atom is -0.339 e. The molecule has 2 aromatic heterocycles. The molecule has 0 radical (unpaired) electrons. The third-order valence-electron chi connectivity index (χ3n) is 3.99. The molecule has 1 aliphatic rings. The van der Waals surface area contributed by atoms with Crippen molar-refractivity contribution in [2.24, 2.45) is 11.1 Å². The van der Waals surface area contributed by atoms with E-state index in [0.29, 0.717) is 18.3 Å². The van der Waals surface area contributed by atoms with Crippen molar-refractivity contribution < 1.29 is 4.52 Å². The van der Waals surface area contributed by atoms with Crippen LogP contribution in [-0.2, 0) is 6.42 Å². The van der Waals surface area contributed by atoms with Gasteiger partial charge in [-0.2, -0.15) is 4.98 Å². The van der Waals surface area contributed by atoms with Crippen LogP contribution in [0.4, 0.5) is 0 Å². The average Bonchev–Trinajstić information content (AvgIpc) is 3.10. The van der Waals surface area contributed by atoms with Crippen LogP contribution >= 0.6 is 11.3 Å². The van der Waals surface area contributed by atoms with Crippen LogP contribution in [-0.4, -0.2) is 21.7 Å². The first-order valence-electron chi connectivity index (χ1n) is 6.73. The summed E-state index contributed by atoms with van der Waals surface area (Å²) in [6.45, 7) is 0.700. The zero-order valence-electron chi connectivity index (χ0n) is 10.8. The molecular formula is C13H18N4OS. The number of aromatic nitrogens is 3. The van der Waals surface area contributed by atoms with E-state index >= 15 is 0 Å². The molecular weight excluding hydrogens is 260 g/mol. The Morgan fingerprint density at radius 3 is 2.84 bits per heavy atom. The predicted octanol–water partition coefficient (Wildman–Crippen LogP) is 2.64. The van der Waals surface area contributed by atoms with Gasteiger partial charge in [0.25, 0.3) is 0 Å². The van der Waals surface area contributed by atoms with Crippen molar-refractivity contribution in [2.75, 3.05) is 6.54 Å². The molecule has 6 heteroatoms. The van der Waals surface area contributed by atoms with Crippen molar-refractivity contribution in [3.63, 3.8) is 0 Å². The van der Waals surface area contributed by atoms with E-state index in [1.807, 2.05) is 0 Å². The van der Waals surface area contributed by atoms with E-state index < -0.39 is 0 Å². The molecule has 0 aromatic carbocycles. The fourth-order valence-electron chi connectivity index (χ4n) is 2.83. The van der Waals surface area contributed by atoms with Crippen molar-refractivity contribution in [1.29, 1.82) is 0 Å². The second-order valence-electron chi connectivity index (χ2n) is 5.32. The Morgan fingerprint density at radius 2 is 2.16 bits per heavy atom. The van der Waals surface area contributed by atoms with Gasteiger partial charge < -0.3 is 10.3 Å². The predicted molar refractivity (Wildman–Crippen MR) is 73.7 cm³/mol. The highest BCUT2D eigenvalue weighted by Gasteiger charge is 2.33. The maximum atomic E-state index is 5.99. The lowest BCUT2D eigenvalue weighted by atomic mass is 9.72. The Balaban J connectivity index is 1.76. The minimum atomic E-state index is 0.162. The van der Waals surface area contributed by atoms with Crippen molar-refractivity contribution in [2.45, 2.75) is 38.5 Å². The zero-order chi connectivity index (χ0) is 13.1. The molecule has 102 valence electrons. The van der Waals surface area contributed by atoms with Crippen LogP contribution in [0.5, 0.6) is 0 Å². The molecule has 0 spiro atoms. The van der Waals surface area contributed by atoms with Crippen LogP contribution in [0.2, 0.25) is 0 Å². The molecule has 0 amide bonds. The summed E-state index contributed by atoms with van der Waals surface area (Å²) >= 11 is 1.52. The summed E-state index contributed by atoms with van der Waals surface area (Å²) in [5.41, 5.74) is 7.92. The first-order valence-corrected chi connectivity index (χ1v) is 7.61. The largest absolute Gasteiger partial charge is 0.339 e. The number of nitrogens with zero attached hydrogens (tertiary/aromatic N) is 3. The molecule has 3 rings (SSSR count). The molecule has 2 aromatic rings. The number of hydrogen-bond acceptors (Lipinski definition) is 6. The van der Waals surface area contributed by atoms with Gasteiger partial charge in [0.05, 0.1) is 10.4 Å². The summed E-state index contributed by atoms with van der Waals surface area (Å²) < 4.78 is 5.38. The Bertz CT molecular complexity index is 516. The zero-order valence-corrected chi connectivity index (χ0v) is 11.7. The van der Waals surface area contributed by atoms with E-state index in [-0.39, 0.29) is 5.41 Å². The lowest BCUT2D eigenvalue weighted by Crippen LogP contribution is -2.35. The smallest absolute Gasteiger partial charge is 0.227 e. The molecule has 2 N–H and O–H groups in total. The molecule has 0 bridgehead atoms. The topological polar surface area (TPSA) is 77.8 Å². The van der Waals surface area contributed by atoms with Crippen molar-refractivity contribution in [1.82, 2.24) is 15.1 Å². The van der Waals surface area contributed by atoms with Crippen molar-refractivity contribution in [3.8, 4) is 10.7 Å². The quantitative estimate of drug-likeness (QED) is 0.930. The number of rotatable bonds is 4. The van der Waals surface area contributed by atoms with Crippen molar-refractivity contribution >= 4 is 11.3 Å². The molecule has 19 heavy (non-hydrogen) atoms. The van der Waals surface area contributed by atoms with Gasteiger partial charge in [0.15, 0.2) is 0 Å². The first kappa shape index (κ1) is 12.7. The minimum absolute atomic E-state index is 0.162. The monoisotopic (exact) mass is 278 g/mol. The highest BCUT2D eigenvalue weighted by molar-refractivity contribution is 7.13. The van der Waals surface area contributed by atoms with Gasteiger partial charge >= 0.3 is 0 Å². The van der Waals surface area contributed by atoms with E-state index in [1.54, 1.807) is 11.7 Å². The Morgan fingerprint density at radius 1 is 1.32 bits per heavy atom. The molecule has 1 saturated carbocycles.